The summed E-state index contributed by atoms with van der Waals surface area (Å²) in [7, 11) is 3.31. The third-order valence-electron chi connectivity index (χ3n) is 5.01. The molecule has 0 N–H and O–H groups in total. The minimum absolute atomic E-state index is 0.0793. The second-order valence-corrected chi connectivity index (χ2v) is 7.70. The van der Waals surface area contributed by atoms with Gasteiger partial charge in [-0.2, -0.15) is 0 Å². The second kappa shape index (κ2) is 7.56. The van der Waals surface area contributed by atoms with Crippen LogP contribution in [0.5, 0.6) is 11.5 Å². The molecule has 27 heavy (non-hydrogen) atoms. The Labute approximate surface area is 162 Å². The van der Waals surface area contributed by atoms with E-state index >= 15 is 0 Å². The Morgan fingerprint density at radius 1 is 1.11 bits per heavy atom. The van der Waals surface area contributed by atoms with Gasteiger partial charge in [-0.1, -0.05) is 18.2 Å². The molecule has 140 valence electrons. The van der Waals surface area contributed by atoms with Gasteiger partial charge in [-0.3, -0.25) is 4.79 Å². The lowest BCUT2D eigenvalue weighted by Gasteiger charge is -2.36. The molecule has 5 nitrogen and oxygen atoms in total. The molecule has 1 fully saturated rings. The Balaban J connectivity index is 1.72. The molecule has 0 spiro atoms. The lowest BCUT2D eigenvalue weighted by Crippen LogP contribution is -2.38. The highest BCUT2D eigenvalue weighted by molar-refractivity contribution is 7.18. The molecule has 0 radical (unpaired) electrons. The zero-order chi connectivity index (χ0) is 18.8. The first-order chi connectivity index (χ1) is 13.2. The molecule has 1 aliphatic rings. The van der Waals surface area contributed by atoms with Crippen molar-refractivity contribution in [3.63, 3.8) is 0 Å². The maximum absolute atomic E-state index is 12.8. The van der Waals surface area contributed by atoms with Gasteiger partial charge in [-0.15, -0.1) is 11.3 Å². The monoisotopic (exact) mass is 382 g/mol. The zero-order valence-corrected chi connectivity index (χ0v) is 16.3. The number of carbonyl (C=O) groups excluding carboxylic acids is 1. The van der Waals surface area contributed by atoms with E-state index in [4.69, 9.17) is 14.5 Å². The van der Waals surface area contributed by atoms with Crippen LogP contribution in [0.4, 0.5) is 0 Å². The molecule has 1 aliphatic heterocycles. The van der Waals surface area contributed by atoms with Gasteiger partial charge >= 0.3 is 0 Å². The van der Waals surface area contributed by atoms with Crippen molar-refractivity contribution in [3.8, 4) is 11.5 Å². The molecule has 1 aromatic heterocycles. The Bertz CT molecular complexity index is 914. The molecule has 4 rings (SSSR count). The number of ether oxygens (including phenoxy) is 2. The van der Waals surface area contributed by atoms with Crippen LogP contribution >= 0.6 is 11.3 Å². The summed E-state index contributed by atoms with van der Waals surface area (Å²) in [6.07, 6.45) is 2.31. The van der Waals surface area contributed by atoms with Gasteiger partial charge in [0.2, 0.25) is 5.91 Å². The normalized spacial score (nSPS) is 17.3. The summed E-state index contributed by atoms with van der Waals surface area (Å²) in [5, 5.41) is 0.949. The zero-order valence-electron chi connectivity index (χ0n) is 15.5. The molecular weight excluding hydrogens is 360 g/mol. The van der Waals surface area contributed by atoms with Gasteiger partial charge in [0.05, 0.1) is 42.6 Å². The predicted octanol–water partition coefficient (Wildman–Crippen LogP) is 4.57. The van der Waals surface area contributed by atoms with E-state index in [0.717, 1.165) is 45.1 Å². The third kappa shape index (κ3) is 3.37. The molecule has 1 unspecified atom stereocenters. The minimum Gasteiger partial charge on any atom is -0.496 e. The summed E-state index contributed by atoms with van der Waals surface area (Å²) in [5.74, 6) is 1.66. The van der Waals surface area contributed by atoms with Gasteiger partial charge in [0, 0.05) is 6.42 Å². The number of carbonyl (C=O) groups is 1. The van der Waals surface area contributed by atoms with E-state index in [0.29, 0.717) is 13.0 Å². The van der Waals surface area contributed by atoms with Gasteiger partial charge in [-0.05, 0) is 37.1 Å². The molecular formula is C21H22N2O3S. The summed E-state index contributed by atoms with van der Waals surface area (Å²) < 4.78 is 12.3. The molecule has 0 bridgehead atoms. The van der Waals surface area contributed by atoms with E-state index in [9.17, 15) is 4.79 Å². The number of aromatic nitrogens is 1. The smallest absolute Gasteiger partial charge is 0.223 e. The van der Waals surface area contributed by atoms with Crippen LogP contribution in [0.1, 0.15) is 35.9 Å². The van der Waals surface area contributed by atoms with Crippen LogP contribution in [0.25, 0.3) is 10.2 Å². The van der Waals surface area contributed by atoms with Crippen LogP contribution < -0.4 is 9.47 Å². The Kier molecular flexibility index (Phi) is 4.99. The average Bonchev–Trinajstić information content (AvgIpc) is 3.11. The number of amides is 1. The molecule has 0 saturated carbocycles. The van der Waals surface area contributed by atoms with E-state index in [1.165, 1.54) is 0 Å². The van der Waals surface area contributed by atoms with Crippen molar-refractivity contribution in [2.45, 2.75) is 31.8 Å². The topological polar surface area (TPSA) is 51.7 Å². The Morgan fingerprint density at radius 2 is 1.85 bits per heavy atom. The van der Waals surface area contributed by atoms with Gasteiger partial charge in [-0.25, -0.2) is 4.98 Å². The quantitative estimate of drug-likeness (QED) is 0.649. The molecule has 6 heteroatoms. The lowest BCUT2D eigenvalue weighted by atomic mass is 9.93. The number of fused-ring (bicyclic) bond motifs is 1. The second-order valence-electron chi connectivity index (χ2n) is 6.58. The van der Waals surface area contributed by atoms with E-state index < -0.39 is 0 Å². The lowest BCUT2D eigenvalue weighted by molar-refractivity contribution is -0.137. The first-order valence-corrected chi connectivity index (χ1v) is 9.87. The minimum atomic E-state index is -0.0793. The fourth-order valence-corrected chi connectivity index (χ4v) is 4.73. The Morgan fingerprint density at radius 3 is 2.56 bits per heavy atom. The molecule has 2 aromatic carbocycles. The molecule has 2 heterocycles. The maximum atomic E-state index is 12.8. The number of nitrogens with zero attached hydrogens (tertiary/aromatic N) is 2. The van der Waals surface area contributed by atoms with Crippen molar-refractivity contribution in [2.24, 2.45) is 0 Å². The summed E-state index contributed by atoms with van der Waals surface area (Å²) in [6, 6.07) is 13.7. The van der Waals surface area contributed by atoms with Crippen molar-refractivity contribution in [1.29, 1.82) is 0 Å². The van der Waals surface area contributed by atoms with Gasteiger partial charge in [0.1, 0.15) is 16.5 Å². The number of rotatable bonds is 5. The highest BCUT2D eigenvalue weighted by Gasteiger charge is 2.33. The van der Waals surface area contributed by atoms with Crippen LogP contribution in [0.15, 0.2) is 42.5 Å². The molecule has 3 aromatic rings. The summed E-state index contributed by atoms with van der Waals surface area (Å²) in [6.45, 7) is 0.504. The Hall–Kier alpha value is -2.60. The van der Waals surface area contributed by atoms with Gasteiger partial charge in [0.15, 0.2) is 0 Å². The molecule has 1 atom stereocenters. The van der Waals surface area contributed by atoms with Crippen molar-refractivity contribution < 1.29 is 14.3 Å². The SMILES string of the molecule is COc1cccc(OC)c1C1CCCC(=O)N1Cc1nc2ccccc2s1. The number of methoxy groups -OCH3 is 2. The predicted molar refractivity (Wildman–Crippen MR) is 106 cm³/mol. The molecule has 1 saturated heterocycles. The number of hydrogen-bond acceptors (Lipinski definition) is 5. The highest BCUT2D eigenvalue weighted by Crippen LogP contribution is 2.42. The van der Waals surface area contributed by atoms with Crippen molar-refractivity contribution in [1.82, 2.24) is 9.88 Å². The maximum Gasteiger partial charge on any atom is 0.223 e. The first kappa shape index (κ1) is 17.8. The van der Waals surface area contributed by atoms with Gasteiger partial charge in [0.25, 0.3) is 0 Å². The van der Waals surface area contributed by atoms with Crippen LogP contribution in [-0.2, 0) is 11.3 Å². The van der Waals surface area contributed by atoms with Crippen LogP contribution in [-0.4, -0.2) is 30.0 Å². The molecule has 0 aliphatic carbocycles. The average molecular weight is 382 g/mol. The largest absolute Gasteiger partial charge is 0.496 e. The fraction of sp³-hybridized carbons (Fsp3) is 0.333. The van der Waals surface area contributed by atoms with Crippen molar-refractivity contribution >= 4 is 27.5 Å². The van der Waals surface area contributed by atoms with E-state index in [-0.39, 0.29) is 11.9 Å². The fourth-order valence-electron chi connectivity index (χ4n) is 3.76. The standard InChI is InChI=1S/C21H22N2O3S/c1-25-16-9-6-10-17(26-2)21(16)15-8-5-12-20(24)23(15)13-19-22-14-7-3-4-11-18(14)27-19/h3-4,6-7,9-11,15H,5,8,12-13H2,1-2H3. The number of likely N-dealkylation sites (tertiary alicyclic amines) is 1. The van der Waals surface area contributed by atoms with Crippen LogP contribution in [0.2, 0.25) is 0 Å². The van der Waals surface area contributed by atoms with Crippen LogP contribution in [0.3, 0.4) is 0 Å². The van der Waals surface area contributed by atoms with Gasteiger partial charge < -0.3 is 14.4 Å². The number of benzene rings is 2. The number of para-hydroxylation sites is 1. The summed E-state index contributed by atoms with van der Waals surface area (Å²) in [5.41, 5.74) is 1.92. The number of hydrogen-bond donors (Lipinski definition) is 0. The van der Waals surface area contributed by atoms with Crippen molar-refractivity contribution in [2.75, 3.05) is 14.2 Å². The van der Waals surface area contributed by atoms with Crippen molar-refractivity contribution in [3.05, 3.63) is 53.0 Å². The summed E-state index contributed by atoms with van der Waals surface area (Å²) >= 11 is 1.64. The van der Waals surface area contributed by atoms with Crippen LogP contribution in [0, 0.1) is 0 Å². The number of thiazole rings is 1. The third-order valence-corrected chi connectivity index (χ3v) is 6.03. The first-order valence-electron chi connectivity index (χ1n) is 9.06. The van der Waals surface area contributed by atoms with E-state index in [1.54, 1.807) is 25.6 Å². The molecule has 1 amide bonds. The van der Waals surface area contributed by atoms with E-state index in [2.05, 4.69) is 6.07 Å². The van der Waals surface area contributed by atoms with E-state index in [1.807, 2.05) is 41.3 Å². The highest BCUT2D eigenvalue weighted by atomic mass is 32.1. The summed E-state index contributed by atoms with van der Waals surface area (Å²) in [4.78, 5) is 19.5. The number of piperidine rings is 1.